The maximum absolute atomic E-state index is 12.6. The third kappa shape index (κ3) is 3.29. The molecule has 0 fully saturated rings. The standard InChI is InChI=1S/C21H20N6O/c1-14-4-5-17(10-15(14)2)19-11-22-21(26(19)3)25-20(28)16-6-8-18(9-7-16)27-12-23-24-13-27/h4-13H,1-3H3,(H,22,25,28). The quantitative estimate of drug-likeness (QED) is 0.594. The second kappa shape index (κ2) is 7.11. The molecule has 1 amide bonds. The van der Waals surface area contributed by atoms with Gasteiger partial charge < -0.3 is 4.57 Å². The lowest BCUT2D eigenvalue weighted by Crippen LogP contribution is -2.15. The van der Waals surface area contributed by atoms with Crippen molar-refractivity contribution in [3.63, 3.8) is 0 Å². The summed E-state index contributed by atoms with van der Waals surface area (Å²) >= 11 is 0. The first kappa shape index (κ1) is 17.7. The molecule has 1 N–H and O–H groups in total. The SMILES string of the molecule is Cc1ccc(-c2cnc(NC(=O)c3ccc(-n4cnnc4)cc3)n2C)cc1C. The summed E-state index contributed by atoms with van der Waals surface area (Å²) in [4.78, 5) is 17.0. The first-order valence-corrected chi connectivity index (χ1v) is 8.88. The number of hydrogen-bond acceptors (Lipinski definition) is 4. The number of amides is 1. The van der Waals surface area contributed by atoms with E-state index in [-0.39, 0.29) is 5.91 Å². The zero-order valence-electron chi connectivity index (χ0n) is 15.9. The van der Waals surface area contributed by atoms with E-state index >= 15 is 0 Å². The molecular formula is C21H20N6O. The van der Waals surface area contributed by atoms with Crippen LogP contribution in [0.15, 0.2) is 61.3 Å². The number of imidazole rings is 1. The summed E-state index contributed by atoms with van der Waals surface area (Å²) in [6, 6.07) is 13.5. The van der Waals surface area contributed by atoms with Crippen molar-refractivity contribution in [3.05, 3.63) is 78.0 Å². The van der Waals surface area contributed by atoms with Gasteiger partial charge in [-0.25, -0.2) is 4.98 Å². The summed E-state index contributed by atoms with van der Waals surface area (Å²) in [6.07, 6.45) is 4.99. The van der Waals surface area contributed by atoms with E-state index in [0.717, 1.165) is 16.9 Å². The number of aromatic nitrogens is 5. The van der Waals surface area contributed by atoms with Crippen molar-refractivity contribution in [2.75, 3.05) is 5.32 Å². The number of carbonyl (C=O) groups is 1. The molecule has 2 aromatic carbocycles. The minimum atomic E-state index is -0.212. The zero-order chi connectivity index (χ0) is 19.7. The number of hydrogen-bond donors (Lipinski definition) is 1. The summed E-state index contributed by atoms with van der Waals surface area (Å²) < 4.78 is 3.66. The Kier molecular flexibility index (Phi) is 4.49. The fourth-order valence-electron chi connectivity index (χ4n) is 2.99. The van der Waals surface area contributed by atoms with Gasteiger partial charge in [0.15, 0.2) is 0 Å². The Bertz CT molecular complexity index is 1130. The molecule has 0 aliphatic rings. The van der Waals surface area contributed by atoms with Crippen LogP contribution in [-0.2, 0) is 7.05 Å². The number of nitrogens with zero attached hydrogens (tertiary/aromatic N) is 5. The molecule has 0 radical (unpaired) electrons. The maximum Gasteiger partial charge on any atom is 0.257 e. The summed E-state index contributed by atoms with van der Waals surface area (Å²) in [5.74, 6) is 0.289. The van der Waals surface area contributed by atoms with Crippen LogP contribution in [-0.4, -0.2) is 30.2 Å². The van der Waals surface area contributed by atoms with Gasteiger partial charge in [0.1, 0.15) is 12.7 Å². The van der Waals surface area contributed by atoms with Crippen molar-refractivity contribution in [1.82, 2.24) is 24.3 Å². The van der Waals surface area contributed by atoms with Gasteiger partial charge in [0, 0.05) is 23.9 Å². The highest BCUT2D eigenvalue weighted by Crippen LogP contribution is 2.24. The molecule has 0 aliphatic heterocycles. The minimum absolute atomic E-state index is 0.212. The number of rotatable bonds is 4. The monoisotopic (exact) mass is 372 g/mol. The predicted octanol–water partition coefficient (Wildman–Crippen LogP) is 3.54. The molecule has 0 atom stereocenters. The van der Waals surface area contributed by atoms with Crippen LogP contribution in [0, 0.1) is 13.8 Å². The van der Waals surface area contributed by atoms with Gasteiger partial charge in [-0.2, -0.15) is 0 Å². The van der Waals surface area contributed by atoms with E-state index < -0.39 is 0 Å². The Labute approximate surface area is 162 Å². The van der Waals surface area contributed by atoms with E-state index in [0.29, 0.717) is 11.5 Å². The molecule has 0 aliphatic carbocycles. The summed E-state index contributed by atoms with van der Waals surface area (Å²) in [7, 11) is 1.89. The van der Waals surface area contributed by atoms with Crippen LogP contribution >= 0.6 is 0 Å². The Balaban J connectivity index is 1.53. The van der Waals surface area contributed by atoms with Gasteiger partial charge >= 0.3 is 0 Å². The third-order valence-electron chi connectivity index (χ3n) is 4.86. The van der Waals surface area contributed by atoms with Gasteiger partial charge in [0.2, 0.25) is 5.95 Å². The highest BCUT2D eigenvalue weighted by atomic mass is 16.1. The second-order valence-corrected chi connectivity index (χ2v) is 6.70. The lowest BCUT2D eigenvalue weighted by molar-refractivity contribution is 0.102. The molecule has 0 saturated carbocycles. The van der Waals surface area contributed by atoms with Crippen LogP contribution in [0.3, 0.4) is 0 Å². The Hall–Kier alpha value is -3.74. The van der Waals surface area contributed by atoms with Gasteiger partial charge in [0.05, 0.1) is 11.9 Å². The average Bonchev–Trinajstić information content (AvgIpc) is 3.35. The topological polar surface area (TPSA) is 77.6 Å². The molecule has 0 saturated heterocycles. The summed E-state index contributed by atoms with van der Waals surface area (Å²) in [5.41, 5.74) is 5.91. The summed E-state index contributed by atoms with van der Waals surface area (Å²) in [6.45, 7) is 4.17. The number of anilines is 1. The summed E-state index contributed by atoms with van der Waals surface area (Å²) in [5, 5.41) is 10.4. The molecule has 2 aromatic heterocycles. The van der Waals surface area contributed by atoms with Crippen molar-refractivity contribution in [2.24, 2.45) is 7.05 Å². The zero-order valence-corrected chi connectivity index (χ0v) is 15.9. The van der Waals surface area contributed by atoms with Gasteiger partial charge in [-0.05, 0) is 55.3 Å². The molecule has 28 heavy (non-hydrogen) atoms. The van der Waals surface area contributed by atoms with Gasteiger partial charge in [0.25, 0.3) is 5.91 Å². The lowest BCUT2D eigenvalue weighted by atomic mass is 10.0. The molecule has 0 bridgehead atoms. The Morgan fingerprint density at radius 1 is 0.964 bits per heavy atom. The lowest BCUT2D eigenvalue weighted by Gasteiger charge is -2.09. The highest BCUT2D eigenvalue weighted by Gasteiger charge is 2.13. The predicted molar refractivity (Wildman–Crippen MR) is 107 cm³/mol. The molecule has 4 aromatic rings. The van der Waals surface area contributed by atoms with Crippen molar-refractivity contribution >= 4 is 11.9 Å². The largest absolute Gasteiger partial charge is 0.313 e. The van der Waals surface area contributed by atoms with Crippen LogP contribution in [0.2, 0.25) is 0 Å². The van der Waals surface area contributed by atoms with Crippen molar-refractivity contribution in [2.45, 2.75) is 13.8 Å². The van der Waals surface area contributed by atoms with Crippen LogP contribution in [0.25, 0.3) is 16.9 Å². The average molecular weight is 372 g/mol. The highest BCUT2D eigenvalue weighted by molar-refractivity contribution is 6.03. The van der Waals surface area contributed by atoms with Gasteiger partial charge in [-0.1, -0.05) is 12.1 Å². The van der Waals surface area contributed by atoms with E-state index in [1.807, 2.05) is 23.7 Å². The van der Waals surface area contributed by atoms with Crippen LogP contribution < -0.4 is 5.32 Å². The van der Waals surface area contributed by atoms with Gasteiger partial charge in [-0.3, -0.25) is 14.7 Å². The first-order valence-electron chi connectivity index (χ1n) is 8.88. The first-order chi connectivity index (χ1) is 13.5. The molecule has 7 nitrogen and oxygen atoms in total. The maximum atomic E-state index is 12.6. The van der Waals surface area contributed by atoms with Crippen molar-refractivity contribution < 1.29 is 4.79 Å². The van der Waals surface area contributed by atoms with E-state index in [4.69, 9.17) is 0 Å². The van der Waals surface area contributed by atoms with Crippen LogP contribution in [0.4, 0.5) is 5.95 Å². The third-order valence-corrected chi connectivity index (χ3v) is 4.86. The molecule has 7 heteroatoms. The number of aryl methyl sites for hydroxylation is 2. The number of nitrogens with one attached hydrogen (secondary N) is 1. The molecule has 4 rings (SSSR count). The normalized spacial score (nSPS) is 10.8. The van der Waals surface area contributed by atoms with Gasteiger partial charge in [-0.15, -0.1) is 10.2 Å². The smallest absolute Gasteiger partial charge is 0.257 e. The molecule has 0 spiro atoms. The number of carbonyl (C=O) groups excluding carboxylic acids is 1. The van der Waals surface area contributed by atoms with E-state index in [2.05, 4.69) is 52.5 Å². The van der Waals surface area contributed by atoms with E-state index in [9.17, 15) is 4.79 Å². The minimum Gasteiger partial charge on any atom is -0.313 e. The molecule has 2 heterocycles. The Morgan fingerprint density at radius 3 is 2.36 bits per heavy atom. The second-order valence-electron chi connectivity index (χ2n) is 6.70. The fourth-order valence-corrected chi connectivity index (χ4v) is 2.99. The Morgan fingerprint density at radius 2 is 1.68 bits per heavy atom. The van der Waals surface area contributed by atoms with Crippen molar-refractivity contribution in [1.29, 1.82) is 0 Å². The van der Waals surface area contributed by atoms with Crippen LogP contribution in [0.5, 0.6) is 0 Å². The van der Waals surface area contributed by atoms with E-state index in [1.54, 1.807) is 35.6 Å². The number of benzene rings is 2. The molecular weight excluding hydrogens is 352 g/mol. The van der Waals surface area contributed by atoms with Crippen LogP contribution in [0.1, 0.15) is 21.5 Å². The fraction of sp³-hybridized carbons (Fsp3) is 0.143. The van der Waals surface area contributed by atoms with Crippen molar-refractivity contribution in [3.8, 4) is 16.9 Å². The van der Waals surface area contributed by atoms with E-state index in [1.165, 1.54) is 11.1 Å². The molecule has 0 unspecified atom stereocenters. The molecule has 140 valence electrons.